The van der Waals surface area contributed by atoms with Crippen LogP contribution in [0.1, 0.15) is 21.5 Å². The number of amides is 1. The first-order valence-corrected chi connectivity index (χ1v) is 6.55. The van der Waals surface area contributed by atoms with E-state index in [1.807, 2.05) is 42.5 Å². The third-order valence-electron chi connectivity index (χ3n) is 3.64. The molecule has 0 radical (unpaired) electrons. The molecule has 20 heavy (non-hydrogen) atoms. The molecule has 0 fully saturated rings. The number of benzene rings is 2. The highest BCUT2D eigenvalue weighted by Gasteiger charge is 2.26. The van der Waals surface area contributed by atoms with Crippen LogP contribution < -0.4 is 0 Å². The highest BCUT2D eigenvalue weighted by atomic mass is 16.2. The topological polar surface area (TPSA) is 37.4 Å². The molecule has 0 bridgehead atoms. The summed E-state index contributed by atoms with van der Waals surface area (Å²) in [4.78, 5) is 25.7. The molecule has 2 aromatic carbocycles. The van der Waals surface area contributed by atoms with Crippen molar-refractivity contribution in [2.45, 2.75) is 6.42 Å². The number of carbonyl (C=O) groups is 2. The first-order valence-electron chi connectivity index (χ1n) is 6.55. The van der Waals surface area contributed by atoms with Gasteiger partial charge in [-0.05, 0) is 22.8 Å². The second kappa shape index (κ2) is 4.60. The molecule has 0 N–H and O–H groups in total. The van der Waals surface area contributed by atoms with Crippen molar-refractivity contribution in [3.05, 3.63) is 59.2 Å². The number of hydrogen-bond acceptors (Lipinski definition) is 2. The van der Waals surface area contributed by atoms with Gasteiger partial charge < -0.3 is 4.90 Å². The lowest BCUT2D eigenvalue weighted by Gasteiger charge is -2.10. The Labute approximate surface area is 117 Å². The first-order chi connectivity index (χ1) is 9.58. The molecule has 3 nitrogen and oxygen atoms in total. The molecule has 0 atom stereocenters. The molecule has 0 aliphatic heterocycles. The number of ketones is 1. The molecule has 1 amide bonds. The summed E-state index contributed by atoms with van der Waals surface area (Å²) in [5, 5.41) is 0. The van der Waals surface area contributed by atoms with E-state index in [1.54, 1.807) is 19.0 Å². The molecule has 1 aliphatic rings. The summed E-state index contributed by atoms with van der Waals surface area (Å²) in [5.74, 6) is 0.0858. The average Bonchev–Trinajstić information content (AvgIpc) is 2.73. The predicted molar refractivity (Wildman–Crippen MR) is 77.7 cm³/mol. The van der Waals surface area contributed by atoms with Gasteiger partial charge in [0.1, 0.15) is 0 Å². The van der Waals surface area contributed by atoms with Crippen LogP contribution in [0.3, 0.4) is 0 Å². The largest absolute Gasteiger partial charge is 0.349 e. The Hall–Kier alpha value is -2.42. The van der Waals surface area contributed by atoms with Crippen molar-refractivity contribution in [1.29, 1.82) is 0 Å². The fourth-order valence-corrected chi connectivity index (χ4v) is 2.52. The number of nitrogens with zero attached hydrogens (tertiary/aromatic N) is 1. The van der Waals surface area contributed by atoms with E-state index in [-0.39, 0.29) is 11.7 Å². The number of likely N-dealkylation sites (N-methyl/N-ethyl adjacent to an activating group) is 1. The van der Waals surface area contributed by atoms with Crippen LogP contribution in [0.2, 0.25) is 0 Å². The SMILES string of the molecule is CN(C)C(=O)Cc1ccc2c(c1)C(=O)c1ccccc1-2. The molecular weight excluding hydrogens is 250 g/mol. The van der Waals surface area contributed by atoms with Gasteiger partial charge in [-0.25, -0.2) is 0 Å². The highest BCUT2D eigenvalue weighted by molar-refractivity contribution is 6.21. The number of hydrogen-bond donors (Lipinski definition) is 0. The van der Waals surface area contributed by atoms with Gasteiger partial charge in [0.05, 0.1) is 6.42 Å². The van der Waals surface area contributed by atoms with Gasteiger partial charge in [-0.1, -0.05) is 36.4 Å². The van der Waals surface area contributed by atoms with Crippen LogP contribution in [-0.4, -0.2) is 30.7 Å². The third kappa shape index (κ3) is 1.92. The summed E-state index contributed by atoms with van der Waals surface area (Å²) < 4.78 is 0. The fourth-order valence-electron chi connectivity index (χ4n) is 2.52. The molecule has 3 rings (SSSR count). The van der Waals surface area contributed by atoms with Crippen LogP contribution >= 0.6 is 0 Å². The van der Waals surface area contributed by atoms with Gasteiger partial charge in [-0.2, -0.15) is 0 Å². The van der Waals surface area contributed by atoms with Gasteiger partial charge >= 0.3 is 0 Å². The molecule has 0 unspecified atom stereocenters. The lowest BCUT2D eigenvalue weighted by molar-refractivity contribution is -0.127. The lowest BCUT2D eigenvalue weighted by Crippen LogP contribution is -2.23. The molecule has 0 heterocycles. The second-order valence-electron chi connectivity index (χ2n) is 5.22. The van der Waals surface area contributed by atoms with Gasteiger partial charge in [0.25, 0.3) is 0 Å². The molecule has 0 spiro atoms. The maximum atomic E-state index is 12.4. The van der Waals surface area contributed by atoms with Crippen molar-refractivity contribution in [2.24, 2.45) is 0 Å². The summed E-state index contributed by atoms with van der Waals surface area (Å²) >= 11 is 0. The van der Waals surface area contributed by atoms with Crippen LogP contribution in [-0.2, 0) is 11.2 Å². The zero-order valence-electron chi connectivity index (χ0n) is 11.5. The van der Waals surface area contributed by atoms with Gasteiger partial charge in [0, 0.05) is 25.2 Å². The van der Waals surface area contributed by atoms with E-state index in [4.69, 9.17) is 0 Å². The fraction of sp³-hybridized carbons (Fsp3) is 0.176. The molecule has 0 aromatic heterocycles. The van der Waals surface area contributed by atoms with Gasteiger partial charge in [-0.3, -0.25) is 9.59 Å². The lowest BCUT2D eigenvalue weighted by atomic mass is 10.0. The van der Waals surface area contributed by atoms with E-state index < -0.39 is 0 Å². The summed E-state index contributed by atoms with van der Waals surface area (Å²) in [5.41, 5.74) is 4.28. The molecule has 3 heteroatoms. The predicted octanol–water partition coefficient (Wildman–Crippen LogP) is 2.53. The highest BCUT2D eigenvalue weighted by Crippen LogP contribution is 2.36. The van der Waals surface area contributed by atoms with Crippen LogP contribution in [0.15, 0.2) is 42.5 Å². The first kappa shape index (κ1) is 12.6. The third-order valence-corrected chi connectivity index (χ3v) is 3.64. The summed E-state index contributed by atoms with van der Waals surface area (Å²) in [7, 11) is 3.47. The zero-order valence-corrected chi connectivity index (χ0v) is 11.5. The number of fused-ring (bicyclic) bond motifs is 3. The molecular formula is C17H15NO2. The number of carbonyl (C=O) groups excluding carboxylic acids is 2. The van der Waals surface area contributed by atoms with Crippen molar-refractivity contribution in [3.8, 4) is 11.1 Å². The Morgan fingerprint density at radius 1 is 0.950 bits per heavy atom. The minimum Gasteiger partial charge on any atom is -0.349 e. The Morgan fingerprint density at radius 3 is 2.30 bits per heavy atom. The van der Waals surface area contributed by atoms with E-state index in [0.29, 0.717) is 12.0 Å². The maximum Gasteiger partial charge on any atom is 0.226 e. The van der Waals surface area contributed by atoms with Crippen molar-refractivity contribution < 1.29 is 9.59 Å². The van der Waals surface area contributed by atoms with E-state index in [1.165, 1.54) is 0 Å². The van der Waals surface area contributed by atoms with Crippen molar-refractivity contribution >= 4 is 11.7 Å². The van der Waals surface area contributed by atoms with Gasteiger partial charge in [0.2, 0.25) is 5.91 Å². The van der Waals surface area contributed by atoms with E-state index in [2.05, 4.69) is 0 Å². The quantitative estimate of drug-likeness (QED) is 0.714. The second-order valence-corrected chi connectivity index (χ2v) is 5.22. The Kier molecular flexibility index (Phi) is 2.90. The normalized spacial score (nSPS) is 12.0. The Bertz CT molecular complexity index is 717. The minimum absolute atomic E-state index is 0.0351. The smallest absolute Gasteiger partial charge is 0.226 e. The van der Waals surface area contributed by atoms with Crippen molar-refractivity contribution in [1.82, 2.24) is 4.90 Å². The number of rotatable bonds is 2. The zero-order chi connectivity index (χ0) is 14.3. The summed E-state index contributed by atoms with van der Waals surface area (Å²) in [6, 6.07) is 13.3. The van der Waals surface area contributed by atoms with Crippen LogP contribution in [0, 0.1) is 0 Å². The monoisotopic (exact) mass is 265 g/mol. The minimum atomic E-state index is 0.0351. The summed E-state index contributed by atoms with van der Waals surface area (Å²) in [6.45, 7) is 0. The van der Waals surface area contributed by atoms with E-state index in [9.17, 15) is 9.59 Å². The van der Waals surface area contributed by atoms with Crippen molar-refractivity contribution in [2.75, 3.05) is 14.1 Å². The Morgan fingerprint density at radius 2 is 1.60 bits per heavy atom. The van der Waals surface area contributed by atoms with Crippen LogP contribution in [0.5, 0.6) is 0 Å². The molecule has 0 saturated heterocycles. The standard InChI is InChI=1S/C17H15NO2/c1-18(2)16(19)10-11-7-8-13-12-5-3-4-6-14(12)17(20)15(13)9-11/h3-9H,10H2,1-2H3. The van der Waals surface area contributed by atoms with Crippen LogP contribution in [0.4, 0.5) is 0 Å². The van der Waals surface area contributed by atoms with Crippen LogP contribution in [0.25, 0.3) is 11.1 Å². The van der Waals surface area contributed by atoms with Crippen molar-refractivity contribution in [3.63, 3.8) is 0 Å². The van der Waals surface area contributed by atoms with Gasteiger partial charge in [0.15, 0.2) is 5.78 Å². The average molecular weight is 265 g/mol. The Balaban J connectivity index is 2.00. The summed E-state index contributed by atoms with van der Waals surface area (Å²) in [6.07, 6.45) is 0.323. The maximum absolute atomic E-state index is 12.4. The molecule has 1 aliphatic carbocycles. The van der Waals surface area contributed by atoms with E-state index in [0.717, 1.165) is 22.3 Å². The molecule has 100 valence electrons. The molecule has 0 saturated carbocycles. The molecule has 2 aromatic rings. The van der Waals surface area contributed by atoms with E-state index >= 15 is 0 Å². The van der Waals surface area contributed by atoms with Gasteiger partial charge in [-0.15, -0.1) is 0 Å².